The molecule has 0 amide bonds. The number of aliphatic hydroxyl groups is 1. The Morgan fingerprint density at radius 3 is 2.77 bits per heavy atom. The van der Waals surface area contributed by atoms with E-state index in [9.17, 15) is 5.11 Å². The number of nitrogens with two attached hydrogens (primary N) is 1. The quantitative estimate of drug-likeness (QED) is 0.750. The van der Waals surface area contributed by atoms with Crippen LogP contribution in [0.3, 0.4) is 0 Å². The monoisotopic (exact) mass is 263 g/mol. The molecule has 0 aliphatic heterocycles. The van der Waals surface area contributed by atoms with Gasteiger partial charge in [-0.15, -0.1) is 12.4 Å². The molecule has 1 aliphatic rings. The van der Waals surface area contributed by atoms with Crippen molar-refractivity contribution in [2.75, 3.05) is 0 Å². The molecular formula is C9H11BrClNO. The molecular weight excluding hydrogens is 253 g/mol. The van der Waals surface area contributed by atoms with Crippen molar-refractivity contribution in [3.05, 3.63) is 33.8 Å². The van der Waals surface area contributed by atoms with E-state index < -0.39 is 6.10 Å². The van der Waals surface area contributed by atoms with Crippen LogP contribution in [0.15, 0.2) is 22.7 Å². The highest BCUT2D eigenvalue weighted by molar-refractivity contribution is 9.10. The van der Waals surface area contributed by atoms with Gasteiger partial charge in [0, 0.05) is 10.5 Å². The Hall–Kier alpha value is -0.0900. The van der Waals surface area contributed by atoms with Crippen molar-refractivity contribution >= 4 is 28.3 Å². The second-order valence-electron chi connectivity index (χ2n) is 3.13. The molecule has 1 aromatic carbocycles. The highest BCUT2D eigenvalue weighted by Gasteiger charge is 2.29. The fraction of sp³-hybridized carbons (Fsp3) is 0.333. The van der Waals surface area contributed by atoms with Crippen LogP contribution in [0.5, 0.6) is 0 Å². The molecule has 4 heteroatoms. The minimum atomic E-state index is -0.504. The Balaban J connectivity index is 0.000000845. The average Bonchev–Trinajstić information content (AvgIpc) is 2.29. The Labute approximate surface area is 91.7 Å². The van der Waals surface area contributed by atoms with Crippen LogP contribution in [0, 0.1) is 0 Å². The standard InChI is InChI=1S/C9H10BrNO.ClH/c10-6-3-1-2-5-4-7(11)9(12)8(5)6;/h1-3,7,9,12H,4,11H2;1H. The summed E-state index contributed by atoms with van der Waals surface area (Å²) in [7, 11) is 0. The van der Waals surface area contributed by atoms with Crippen molar-refractivity contribution in [1.29, 1.82) is 0 Å². The van der Waals surface area contributed by atoms with Crippen LogP contribution in [0.4, 0.5) is 0 Å². The zero-order valence-electron chi connectivity index (χ0n) is 6.90. The molecule has 0 saturated carbocycles. The van der Waals surface area contributed by atoms with Gasteiger partial charge in [0.25, 0.3) is 0 Å². The molecule has 72 valence electrons. The van der Waals surface area contributed by atoms with Gasteiger partial charge in [0.05, 0.1) is 6.10 Å². The highest BCUT2D eigenvalue weighted by Crippen LogP contribution is 2.35. The molecule has 1 aliphatic carbocycles. The van der Waals surface area contributed by atoms with Crippen molar-refractivity contribution < 1.29 is 5.11 Å². The lowest BCUT2D eigenvalue weighted by Crippen LogP contribution is -2.24. The lowest BCUT2D eigenvalue weighted by atomic mass is 10.1. The minimum Gasteiger partial charge on any atom is -0.387 e. The van der Waals surface area contributed by atoms with E-state index in [1.807, 2.05) is 18.2 Å². The van der Waals surface area contributed by atoms with Gasteiger partial charge in [-0.25, -0.2) is 0 Å². The summed E-state index contributed by atoms with van der Waals surface area (Å²) >= 11 is 3.40. The molecule has 2 rings (SSSR count). The lowest BCUT2D eigenvalue weighted by molar-refractivity contribution is 0.159. The van der Waals surface area contributed by atoms with Gasteiger partial charge in [0.2, 0.25) is 0 Å². The van der Waals surface area contributed by atoms with Gasteiger partial charge in [-0.2, -0.15) is 0 Å². The second-order valence-corrected chi connectivity index (χ2v) is 3.98. The Bertz CT molecular complexity index is 318. The third kappa shape index (κ3) is 1.74. The average molecular weight is 265 g/mol. The fourth-order valence-electron chi connectivity index (χ4n) is 1.67. The van der Waals surface area contributed by atoms with Crippen LogP contribution >= 0.6 is 28.3 Å². The number of hydrogen-bond acceptors (Lipinski definition) is 2. The first-order valence-electron chi connectivity index (χ1n) is 3.91. The van der Waals surface area contributed by atoms with Crippen LogP contribution in [0.2, 0.25) is 0 Å². The maximum absolute atomic E-state index is 9.68. The van der Waals surface area contributed by atoms with Crippen LogP contribution in [0.25, 0.3) is 0 Å². The van der Waals surface area contributed by atoms with Crippen molar-refractivity contribution in [2.24, 2.45) is 5.73 Å². The smallest absolute Gasteiger partial charge is 0.0957 e. The van der Waals surface area contributed by atoms with E-state index in [4.69, 9.17) is 5.73 Å². The van der Waals surface area contributed by atoms with Gasteiger partial charge in [0.15, 0.2) is 0 Å². The molecule has 3 N–H and O–H groups in total. The minimum absolute atomic E-state index is 0. The van der Waals surface area contributed by atoms with Gasteiger partial charge in [-0.3, -0.25) is 0 Å². The van der Waals surface area contributed by atoms with Crippen molar-refractivity contribution in [3.63, 3.8) is 0 Å². The van der Waals surface area contributed by atoms with Crippen LogP contribution in [-0.4, -0.2) is 11.1 Å². The molecule has 2 atom stereocenters. The first kappa shape index (κ1) is 11.0. The maximum Gasteiger partial charge on any atom is 0.0957 e. The Kier molecular flexibility index (Phi) is 3.35. The molecule has 0 heterocycles. The number of fused-ring (bicyclic) bond motifs is 1. The summed E-state index contributed by atoms with van der Waals surface area (Å²) in [4.78, 5) is 0. The van der Waals surface area contributed by atoms with E-state index in [1.54, 1.807) is 0 Å². The summed E-state index contributed by atoms with van der Waals surface area (Å²) < 4.78 is 0.959. The van der Waals surface area contributed by atoms with Crippen LogP contribution in [-0.2, 0) is 6.42 Å². The van der Waals surface area contributed by atoms with Gasteiger partial charge in [-0.1, -0.05) is 28.1 Å². The van der Waals surface area contributed by atoms with E-state index in [2.05, 4.69) is 15.9 Å². The predicted octanol–water partition coefficient (Wildman–Crippen LogP) is 1.79. The molecule has 0 spiro atoms. The van der Waals surface area contributed by atoms with Crippen molar-refractivity contribution in [1.82, 2.24) is 0 Å². The SMILES string of the molecule is Cl.NC1Cc2cccc(Br)c2C1O. The number of aliphatic hydroxyl groups excluding tert-OH is 1. The number of benzene rings is 1. The Morgan fingerprint density at radius 1 is 1.46 bits per heavy atom. The molecule has 0 aromatic heterocycles. The maximum atomic E-state index is 9.68. The molecule has 0 saturated heterocycles. The summed E-state index contributed by atoms with van der Waals surface area (Å²) in [6.07, 6.45) is 0.270. The topological polar surface area (TPSA) is 46.2 Å². The summed E-state index contributed by atoms with van der Waals surface area (Å²) in [5.74, 6) is 0. The first-order chi connectivity index (χ1) is 5.70. The predicted molar refractivity (Wildman–Crippen MR) is 58.0 cm³/mol. The zero-order chi connectivity index (χ0) is 8.72. The van der Waals surface area contributed by atoms with E-state index in [0.717, 1.165) is 22.0 Å². The van der Waals surface area contributed by atoms with Crippen molar-refractivity contribution in [3.8, 4) is 0 Å². The Morgan fingerprint density at radius 2 is 2.15 bits per heavy atom. The largest absolute Gasteiger partial charge is 0.387 e. The van der Waals surface area contributed by atoms with Gasteiger partial charge in [-0.05, 0) is 23.6 Å². The van der Waals surface area contributed by atoms with E-state index in [0.29, 0.717) is 0 Å². The van der Waals surface area contributed by atoms with E-state index in [1.165, 1.54) is 0 Å². The van der Waals surface area contributed by atoms with Crippen LogP contribution in [0.1, 0.15) is 17.2 Å². The molecule has 1 aromatic rings. The normalized spacial score (nSPS) is 25.2. The molecule has 0 radical (unpaired) electrons. The summed E-state index contributed by atoms with van der Waals surface area (Å²) in [6.45, 7) is 0. The van der Waals surface area contributed by atoms with Crippen LogP contribution < -0.4 is 5.73 Å². The molecule has 0 bridgehead atoms. The van der Waals surface area contributed by atoms with E-state index in [-0.39, 0.29) is 18.4 Å². The third-order valence-electron chi connectivity index (χ3n) is 2.30. The molecule has 2 unspecified atom stereocenters. The van der Waals surface area contributed by atoms with Crippen molar-refractivity contribution in [2.45, 2.75) is 18.6 Å². The molecule has 2 nitrogen and oxygen atoms in total. The van der Waals surface area contributed by atoms with Gasteiger partial charge in [0.1, 0.15) is 0 Å². The highest BCUT2D eigenvalue weighted by atomic mass is 79.9. The lowest BCUT2D eigenvalue weighted by Gasteiger charge is -2.09. The second kappa shape index (κ2) is 3.96. The zero-order valence-corrected chi connectivity index (χ0v) is 9.31. The first-order valence-corrected chi connectivity index (χ1v) is 4.70. The number of hydrogen-bond donors (Lipinski definition) is 2. The summed E-state index contributed by atoms with van der Waals surface area (Å²) in [5, 5.41) is 9.68. The van der Waals surface area contributed by atoms with Gasteiger partial charge >= 0.3 is 0 Å². The third-order valence-corrected chi connectivity index (χ3v) is 2.99. The summed E-state index contributed by atoms with van der Waals surface area (Å²) in [5.41, 5.74) is 7.85. The fourth-order valence-corrected chi connectivity index (χ4v) is 2.31. The van der Waals surface area contributed by atoms with E-state index >= 15 is 0 Å². The number of halogens is 2. The molecule has 13 heavy (non-hydrogen) atoms. The molecule has 0 fully saturated rings. The number of rotatable bonds is 0. The summed E-state index contributed by atoms with van der Waals surface area (Å²) in [6, 6.07) is 5.77. The van der Waals surface area contributed by atoms with Gasteiger partial charge < -0.3 is 10.8 Å².